The smallest absolute Gasteiger partial charge is 0.283 e. The van der Waals surface area contributed by atoms with Gasteiger partial charge in [-0.1, -0.05) is 49.7 Å². The van der Waals surface area contributed by atoms with Gasteiger partial charge in [0.2, 0.25) is 0 Å². The highest BCUT2D eigenvalue weighted by Crippen LogP contribution is 2.44. The van der Waals surface area contributed by atoms with Gasteiger partial charge in [-0.2, -0.15) is 17.6 Å². The second-order valence-corrected chi connectivity index (χ2v) is 17.0. The summed E-state index contributed by atoms with van der Waals surface area (Å²) in [5.41, 5.74) is 10.2. The third-order valence-electron chi connectivity index (χ3n) is 11.5. The molecule has 2 atom stereocenters. The van der Waals surface area contributed by atoms with Crippen LogP contribution >= 0.6 is 0 Å². The van der Waals surface area contributed by atoms with Crippen molar-refractivity contribution >= 4 is 32.4 Å². The van der Waals surface area contributed by atoms with E-state index in [1.54, 1.807) is 12.1 Å². The van der Waals surface area contributed by atoms with Gasteiger partial charge in [0.05, 0.1) is 27.9 Å². The van der Waals surface area contributed by atoms with Gasteiger partial charge < -0.3 is 14.5 Å². The van der Waals surface area contributed by atoms with Gasteiger partial charge in [-0.25, -0.2) is 9.97 Å². The van der Waals surface area contributed by atoms with Gasteiger partial charge in [0.15, 0.2) is 5.82 Å². The Kier molecular flexibility index (Phi) is 8.45. The molecular formula is C41H48N6O3S. The van der Waals surface area contributed by atoms with E-state index in [0.717, 1.165) is 78.8 Å². The summed E-state index contributed by atoms with van der Waals surface area (Å²) >= 11 is 0. The van der Waals surface area contributed by atoms with Crippen LogP contribution in [-0.2, 0) is 27.7 Å². The van der Waals surface area contributed by atoms with Gasteiger partial charge in [0.1, 0.15) is 5.82 Å². The lowest BCUT2D eigenvalue weighted by molar-refractivity contribution is 0.0681. The average molecular weight is 705 g/mol. The number of methoxy groups -OCH3 is 1. The maximum absolute atomic E-state index is 14.0. The van der Waals surface area contributed by atoms with Crippen molar-refractivity contribution < 1.29 is 13.2 Å². The fourth-order valence-electron chi connectivity index (χ4n) is 8.66. The molecule has 51 heavy (non-hydrogen) atoms. The molecule has 2 unspecified atom stereocenters. The van der Waals surface area contributed by atoms with Crippen molar-refractivity contribution in [2.45, 2.75) is 109 Å². The number of aromatic nitrogens is 4. The van der Waals surface area contributed by atoms with Crippen LogP contribution in [0, 0.1) is 27.7 Å². The first-order valence-electron chi connectivity index (χ1n) is 18.3. The molecule has 2 fully saturated rings. The molecule has 5 heterocycles. The molecule has 2 bridgehead atoms. The molecule has 266 valence electrons. The monoisotopic (exact) mass is 704 g/mol. The van der Waals surface area contributed by atoms with Gasteiger partial charge in [0.25, 0.3) is 10.0 Å². The Labute approximate surface area is 301 Å². The van der Waals surface area contributed by atoms with Gasteiger partial charge >= 0.3 is 0 Å². The largest absolute Gasteiger partial charge is 0.381 e. The Morgan fingerprint density at radius 1 is 0.882 bits per heavy atom. The van der Waals surface area contributed by atoms with Crippen LogP contribution in [0.4, 0.5) is 11.5 Å². The summed E-state index contributed by atoms with van der Waals surface area (Å²) in [5.74, 6) is 2.11. The highest BCUT2D eigenvalue weighted by molar-refractivity contribution is 7.90. The molecule has 3 aromatic carbocycles. The third kappa shape index (κ3) is 5.71. The van der Waals surface area contributed by atoms with Gasteiger partial charge in [-0.05, 0) is 100 Å². The molecule has 5 aromatic rings. The second-order valence-electron chi connectivity index (χ2n) is 15.2. The number of nitrogens with zero attached hydrogens (tertiary/aromatic N) is 6. The van der Waals surface area contributed by atoms with Crippen molar-refractivity contribution in [3.05, 3.63) is 93.8 Å². The van der Waals surface area contributed by atoms with E-state index in [0.29, 0.717) is 35.0 Å². The Balaban J connectivity index is 1.29. The zero-order valence-electron chi connectivity index (χ0n) is 30.8. The van der Waals surface area contributed by atoms with E-state index in [2.05, 4.69) is 60.8 Å². The summed E-state index contributed by atoms with van der Waals surface area (Å²) in [5, 5.41) is 5.43. The molecule has 3 aliphatic heterocycles. The van der Waals surface area contributed by atoms with Gasteiger partial charge in [0, 0.05) is 60.9 Å². The predicted molar refractivity (Wildman–Crippen MR) is 203 cm³/mol. The van der Waals surface area contributed by atoms with Crippen molar-refractivity contribution in [2.24, 2.45) is 0 Å². The number of fused-ring (bicyclic) bond motifs is 4. The quantitative estimate of drug-likeness (QED) is 0.170. The van der Waals surface area contributed by atoms with Crippen LogP contribution in [-0.4, -0.2) is 59.4 Å². The van der Waals surface area contributed by atoms with E-state index in [9.17, 15) is 8.42 Å². The minimum atomic E-state index is -3.93. The van der Waals surface area contributed by atoms with E-state index in [4.69, 9.17) is 14.7 Å². The fraction of sp³-hybridized carbons (Fsp3) is 0.439. The minimum absolute atomic E-state index is 0.209. The van der Waals surface area contributed by atoms with Gasteiger partial charge in [-0.15, -0.1) is 0 Å². The number of piperidine rings is 1. The lowest BCUT2D eigenvalue weighted by Gasteiger charge is -2.42. The molecule has 0 spiro atoms. The van der Waals surface area contributed by atoms with Crippen LogP contribution in [0.5, 0.6) is 0 Å². The minimum Gasteiger partial charge on any atom is -0.381 e. The molecule has 0 saturated carbocycles. The molecule has 0 aliphatic carbocycles. The number of hydrogen-bond acceptors (Lipinski definition) is 8. The van der Waals surface area contributed by atoms with Crippen LogP contribution < -0.4 is 9.80 Å². The van der Waals surface area contributed by atoms with E-state index in [-0.39, 0.29) is 11.0 Å². The first-order valence-corrected chi connectivity index (χ1v) is 19.8. The molecular weight excluding hydrogens is 657 g/mol. The molecule has 8 rings (SSSR count). The molecule has 10 heteroatoms. The Hall–Kier alpha value is -4.28. The van der Waals surface area contributed by atoms with Crippen molar-refractivity contribution in [2.75, 3.05) is 23.5 Å². The van der Waals surface area contributed by atoms with Crippen LogP contribution in [0.3, 0.4) is 0 Å². The maximum atomic E-state index is 14.0. The molecule has 0 amide bonds. The number of aryl methyl sites for hydroxylation is 4. The summed E-state index contributed by atoms with van der Waals surface area (Å²) in [7, 11) is -2.10. The Morgan fingerprint density at radius 2 is 1.59 bits per heavy atom. The molecule has 9 nitrogen and oxygen atoms in total. The van der Waals surface area contributed by atoms with Crippen molar-refractivity contribution in [1.29, 1.82) is 0 Å². The fourth-order valence-corrected chi connectivity index (χ4v) is 9.98. The second kappa shape index (κ2) is 12.7. The normalized spacial score (nSPS) is 20.4. The van der Waals surface area contributed by atoms with E-state index < -0.39 is 10.0 Å². The molecule has 2 saturated heterocycles. The van der Waals surface area contributed by atoms with Crippen molar-refractivity contribution in [3.8, 4) is 11.4 Å². The molecule has 2 aromatic heterocycles. The zero-order valence-corrected chi connectivity index (χ0v) is 31.6. The lowest BCUT2D eigenvalue weighted by Crippen LogP contribution is -2.47. The van der Waals surface area contributed by atoms with Gasteiger partial charge in [-0.3, -0.25) is 0 Å². The van der Waals surface area contributed by atoms with Crippen LogP contribution in [0.15, 0.2) is 59.5 Å². The zero-order chi connectivity index (χ0) is 35.8. The van der Waals surface area contributed by atoms with Crippen molar-refractivity contribution in [1.82, 2.24) is 19.2 Å². The summed E-state index contributed by atoms with van der Waals surface area (Å²) < 4.78 is 35.0. The highest BCUT2D eigenvalue weighted by Gasteiger charge is 2.43. The Bertz CT molecular complexity index is 2250. The van der Waals surface area contributed by atoms with Crippen LogP contribution in [0.25, 0.3) is 22.3 Å². The lowest BCUT2D eigenvalue weighted by atomic mass is 9.95. The SMILES string of the molecule is COC1CC2CCC(C1)N2c1nc(-c2c(C)ccc3c2c(C)nn3S(=O)(=O)c2ccc(C)cc2)nc2c1CN(c1cc(C(C)C)ccc1C)CC2. The molecule has 0 radical (unpaired) electrons. The predicted octanol–water partition coefficient (Wildman–Crippen LogP) is 7.80. The summed E-state index contributed by atoms with van der Waals surface area (Å²) in [4.78, 5) is 16.2. The Morgan fingerprint density at radius 3 is 2.27 bits per heavy atom. The molecule has 3 aliphatic rings. The van der Waals surface area contributed by atoms with Crippen molar-refractivity contribution in [3.63, 3.8) is 0 Å². The van der Waals surface area contributed by atoms with E-state index >= 15 is 0 Å². The van der Waals surface area contributed by atoms with E-state index in [1.807, 2.05) is 45.2 Å². The maximum Gasteiger partial charge on any atom is 0.283 e. The van der Waals surface area contributed by atoms with Crippen LogP contribution in [0.1, 0.15) is 84.7 Å². The topological polar surface area (TPSA) is 93.4 Å². The number of rotatable bonds is 7. The first kappa shape index (κ1) is 33.8. The first-order chi connectivity index (χ1) is 24.4. The number of hydrogen-bond donors (Lipinski definition) is 0. The van der Waals surface area contributed by atoms with Crippen LogP contribution in [0.2, 0.25) is 0 Å². The average Bonchev–Trinajstić information content (AvgIpc) is 3.59. The summed E-state index contributed by atoms with van der Waals surface area (Å²) in [6.45, 7) is 14.2. The highest BCUT2D eigenvalue weighted by atomic mass is 32.2. The molecule has 0 N–H and O–H groups in total. The third-order valence-corrected chi connectivity index (χ3v) is 13.1. The van der Waals surface area contributed by atoms with E-state index in [1.165, 1.54) is 26.5 Å². The number of ether oxygens (including phenoxy) is 1. The number of benzene rings is 3. The summed E-state index contributed by atoms with van der Waals surface area (Å²) in [6.07, 6.45) is 5.26. The standard InChI is InChI=1S/C41H48N6O3S/c1-24(2)29-12-10-26(4)37(20-29)45-19-18-35-34(23-45)41(46-30-13-14-31(46)22-32(21-30)50-7)43-40(42-35)38-27(5)11-17-36-39(38)28(6)44-47(36)51(48,49)33-15-8-25(3)9-16-33/h8-12,15-17,20,24,30-32H,13-14,18-19,21-23H2,1-7H3. The summed E-state index contributed by atoms with van der Waals surface area (Å²) in [6, 6.07) is 18.3. The number of anilines is 2.